The Morgan fingerprint density at radius 2 is 2.32 bits per heavy atom. The maximum absolute atomic E-state index is 10.6. The first-order valence-electron chi connectivity index (χ1n) is 5.93. The third kappa shape index (κ3) is 3.15. The van der Waals surface area contributed by atoms with Crippen LogP contribution in [0.15, 0.2) is 16.5 Å². The molecule has 8 heteroatoms. The molecular formula is C11H14N4O3S. The molecule has 7 nitrogen and oxygen atoms in total. The van der Waals surface area contributed by atoms with Crippen molar-refractivity contribution in [2.45, 2.75) is 26.3 Å². The number of nitrogens with one attached hydrogen (secondary N) is 1. The second kappa shape index (κ2) is 5.89. The third-order valence-electron chi connectivity index (χ3n) is 2.49. The molecule has 2 aromatic rings. The van der Waals surface area contributed by atoms with Crippen LogP contribution in [0.4, 0.5) is 5.00 Å². The zero-order valence-corrected chi connectivity index (χ0v) is 11.4. The average molecular weight is 282 g/mol. The molecule has 0 fully saturated rings. The minimum atomic E-state index is -0.434. The van der Waals surface area contributed by atoms with Gasteiger partial charge in [0.05, 0.1) is 15.8 Å². The van der Waals surface area contributed by atoms with Crippen molar-refractivity contribution in [1.29, 1.82) is 0 Å². The second-order valence-corrected chi connectivity index (χ2v) is 5.08. The molecule has 19 heavy (non-hydrogen) atoms. The van der Waals surface area contributed by atoms with Crippen LogP contribution in [-0.4, -0.2) is 21.7 Å². The van der Waals surface area contributed by atoms with Crippen LogP contribution >= 0.6 is 11.3 Å². The number of hydrogen-bond donors (Lipinski definition) is 1. The molecular weight excluding hydrogens is 268 g/mol. The summed E-state index contributed by atoms with van der Waals surface area (Å²) in [4.78, 5) is 10.8. The van der Waals surface area contributed by atoms with Gasteiger partial charge < -0.3 is 9.73 Å². The molecule has 0 aliphatic carbocycles. The number of hydrogen-bond acceptors (Lipinski definition) is 7. The Balaban J connectivity index is 2.13. The summed E-state index contributed by atoms with van der Waals surface area (Å²) in [6.45, 7) is 4.87. The van der Waals surface area contributed by atoms with Crippen LogP contribution in [-0.2, 0) is 0 Å². The molecule has 0 aliphatic heterocycles. The van der Waals surface area contributed by atoms with E-state index in [4.69, 9.17) is 4.42 Å². The van der Waals surface area contributed by atoms with Gasteiger partial charge in [-0.2, -0.15) is 0 Å². The molecule has 1 atom stereocenters. The van der Waals surface area contributed by atoms with Crippen LogP contribution < -0.4 is 5.32 Å². The normalized spacial score (nSPS) is 12.5. The van der Waals surface area contributed by atoms with Crippen LogP contribution in [0.25, 0.3) is 10.8 Å². The molecule has 0 saturated carbocycles. The fraction of sp³-hybridized carbons (Fsp3) is 0.455. The Kier molecular flexibility index (Phi) is 4.23. The lowest BCUT2D eigenvalue weighted by Crippen LogP contribution is -2.19. The molecule has 0 aromatic carbocycles. The highest BCUT2D eigenvalue weighted by atomic mass is 32.1. The van der Waals surface area contributed by atoms with Gasteiger partial charge in [-0.25, -0.2) is 0 Å². The fourth-order valence-electron chi connectivity index (χ4n) is 1.50. The number of nitro groups is 1. The molecule has 102 valence electrons. The van der Waals surface area contributed by atoms with Crippen LogP contribution in [0.2, 0.25) is 0 Å². The van der Waals surface area contributed by atoms with Gasteiger partial charge in [0.1, 0.15) is 0 Å². The molecule has 1 N–H and O–H groups in total. The maximum atomic E-state index is 10.6. The van der Waals surface area contributed by atoms with Gasteiger partial charge in [0, 0.05) is 6.07 Å². The minimum absolute atomic E-state index is 0.0313. The van der Waals surface area contributed by atoms with Gasteiger partial charge in [0.15, 0.2) is 0 Å². The highest BCUT2D eigenvalue weighted by molar-refractivity contribution is 7.18. The number of thiophene rings is 1. The lowest BCUT2D eigenvalue weighted by molar-refractivity contribution is -0.380. The van der Waals surface area contributed by atoms with E-state index in [1.807, 2.05) is 6.92 Å². The smallest absolute Gasteiger partial charge is 0.324 e. The topological polar surface area (TPSA) is 94.1 Å². The summed E-state index contributed by atoms with van der Waals surface area (Å²) in [6, 6.07) is 3.02. The van der Waals surface area contributed by atoms with Gasteiger partial charge in [-0.3, -0.25) is 10.1 Å². The predicted molar refractivity (Wildman–Crippen MR) is 71.0 cm³/mol. The number of rotatable bonds is 6. The van der Waals surface area contributed by atoms with E-state index >= 15 is 0 Å². The van der Waals surface area contributed by atoms with Crippen molar-refractivity contribution in [3.05, 3.63) is 28.1 Å². The molecule has 2 heterocycles. The van der Waals surface area contributed by atoms with E-state index in [1.54, 1.807) is 6.07 Å². The molecule has 2 rings (SSSR count). The fourth-order valence-corrected chi connectivity index (χ4v) is 2.24. The third-order valence-corrected chi connectivity index (χ3v) is 3.52. The van der Waals surface area contributed by atoms with E-state index in [9.17, 15) is 10.1 Å². The summed E-state index contributed by atoms with van der Waals surface area (Å²) >= 11 is 1.02. The Morgan fingerprint density at radius 1 is 1.53 bits per heavy atom. The summed E-state index contributed by atoms with van der Waals surface area (Å²) in [6.07, 6.45) is 1.02. The van der Waals surface area contributed by atoms with Crippen molar-refractivity contribution in [1.82, 2.24) is 15.5 Å². The van der Waals surface area contributed by atoms with E-state index in [-0.39, 0.29) is 11.0 Å². The van der Waals surface area contributed by atoms with Crippen LogP contribution in [0.1, 0.15) is 32.2 Å². The van der Waals surface area contributed by atoms with Gasteiger partial charge in [-0.1, -0.05) is 18.3 Å². The first kappa shape index (κ1) is 13.6. The van der Waals surface area contributed by atoms with Crippen LogP contribution in [0.3, 0.4) is 0 Å². The summed E-state index contributed by atoms with van der Waals surface area (Å²) in [7, 11) is 0. The molecule has 0 aliphatic rings. The molecule has 0 radical (unpaired) electrons. The van der Waals surface area contributed by atoms with Gasteiger partial charge in [0.25, 0.3) is 5.89 Å². The zero-order chi connectivity index (χ0) is 13.8. The van der Waals surface area contributed by atoms with E-state index < -0.39 is 4.92 Å². The first-order valence-corrected chi connectivity index (χ1v) is 6.75. The van der Waals surface area contributed by atoms with E-state index in [1.165, 1.54) is 6.07 Å². The molecule has 0 amide bonds. The van der Waals surface area contributed by atoms with Crippen molar-refractivity contribution < 1.29 is 9.34 Å². The zero-order valence-electron chi connectivity index (χ0n) is 10.6. The van der Waals surface area contributed by atoms with Gasteiger partial charge >= 0.3 is 5.00 Å². The summed E-state index contributed by atoms with van der Waals surface area (Å²) in [5.41, 5.74) is 0. The predicted octanol–water partition coefficient (Wildman–Crippen LogP) is 2.77. The molecule has 0 saturated heterocycles. The lowest BCUT2D eigenvalue weighted by Gasteiger charge is -2.07. The van der Waals surface area contributed by atoms with E-state index in [0.717, 1.165) is 24.3 Å². The van der Waals surface area contributed by atoms with Gasteiger partial charge in [0.2, 0.25) is 5.89 Å². The average Bonchev–Trinajstić information content (AvgIpc) is 3.03. The quantitative estimate of drug-likeness (QED) is 0.646. The maximum Gasteiger partial charge on any atom is 0.324 e. The van der Waals surface area contributed by atoms with Crippen molar-refractivity contribution in [2.75, 3.05) is 6.54 Å². The highest BCUT2D eigenvalue weighted by Gasteiger charge is 2.18. The van der Waals surface area contributed by atoms with Gasteiger partial charge in [-0.15, -0.1) is 10.2 Å². The minimum Gasteiger partial charge on any atom is -0.418 e. The highest BCUT2D eigenvalue weighted by Crippen LogP contribution is 2.32. The molecule has 2 aromatic heterocycles. The van der Waals surface area contributed by atoms with Crippen molar-refractivity contribution >= 4 is 16.3 Å². The van der Waals surface area contributed by atoms with Gasteiger partial charge in [-0.05, 0) is 26.0 Å². The Labute approximate surface area is 113 Å². The Bertz CT molecular complexity index is 566. The Hall–Kier alpha value is -1.80. The molecule has 1 unspecified atom stereocenters. The van der Waals surface area contributed by atoms with Crippen molar-refractivity contribution in [3.63, 3.8) is 0 Å². The Morgan fingerprint density at radius 3 is 2.95 bits per heavy atom. The van der Waals surface area contributed by atoms with Crippen LogP contribution in [0, 0.1) is 10.1 Å². The largest absolute Gasteiger partial charge is 0.418 e. The molecule has 0 spiro atoms. The van der Waals surface area contributed by atoms with E-state index in [2.05, 4.69) is 22.4 Å². The van der Waals surface area contributed by atoms with Crippen molar-refractivity contribution in [2.24, 2.45) is 0 Å². The monoisotopic (exact) mass is 282 g/mol. The molecule has 0 bridgehead atoms. The second-order valence-electron chi connectivity index (χ2n) is 4.02. The lowest BCUT2D eigenvalue weighted by atomic mass is 10.3. The first-order chi connectivity index (χ1) is 9.11. The van der Waals surface area contributed by atoms with Crippen LogP contribution in [0.5, 0.6) is 0 Å². The van der Waals surface area contributed by atoms with E-state index in [0.29, 0.717) is 16.7 Å². The van der Waals surface area contributed by atoms with Crippen molar-refractivity contribution in [3.8, 4) is 10.8 Å². The summed E-state index contributed by atoms with van der Waals surface area (Å²) in [5, 5.41) is 21.8. The summed E-state index contributed by atoms with van der Waals surface area (Å²) < 4.78 is 5.52. The number of nitrogens with zero attached hydrogens (tertiary/aromatic N) is 3. The number of aromatic nitrogens is 2. The standard InChI is InChI=1S/C11H14N4O3S/c1-3-6-12-7(2)10-13-14-11(18-10)8-4-5-9(19-8)15(16)17/h4-5,7,12H,3,6H2,1-2H3. The summed E-state index contributed by atoms with van der Waals surface area (Å²) in [5.74, 6) is 0.803. The SMILES string of the molecule is CCCNC(C)c1nnc(-c2ccc([N+](=O)[O-])s2)o1.